The van der Waals surface area contributed by atoms with Crippen LogP contribution in [0, 0.1) is 5.92 Å². The van der Waals surface area contributed by atoms with Gasteiger partial charge in [-0.25, -0.2) is 4.79 Å². The SMILES string of the molecule is O=C(N[C@@H](Cc1ccc(-c2ccccc2Oc2ccccc2)cc1)C(=O)O)c1cc(Cl)ccc1N1CCC(C(F)(F)F)CC1. The van der Waals surface area contributed by atoms with Crippen LogP contribution < -0.4 is 15.0 Å². The van der Waals surface area contributed by atoms with Crippen molar-refractivity contribution in [1.82, 2.24) is 5.32 Å². The highest BCUT2D eigenvalue weighted by Crippen LogP contribution is 2.37. The molecule has 4 aromatic rings. The molecule has 1 heterocycles. The van der Waals surface area contributed by atoms with Crippen molar-refractivity contribution in [2.75, 3.05) is 18.0 Å². The number of ether oxygens (including phenoxy) is 1. The van der Waals surface area contributed by atoms with Crippen LogP contribution in [-0.4, -0.2) is 42.3 Å². The quantitative estimate of drug-likeness (QED) is 0.198. The lowest BCUT2D eigenvalue weighted by Crippen LogP contribution is -2.43. The summed E-state index contributed by atoms with van der Waals surface area (Å²) in [6.07, 6.45) is -4.44. The van der Waals surface area contributed by atoms with Gasteiger partial charge in [0.1, 0.15) is 17.5 Å². The molecule has 5 rings (SSSR count). The van der Waals surface area contributed by atoms with Crippen LogP contribution in [-0.2, 0) is 11.2 Å². The van der Waals surface area contributed by atoms with Crippen molar-refractivity contribution >= 4 is 29.2 Å². The molecule has 10 heteroatoms. The standard InChI is InChI=1S/C34H30ClF3N2O4/c35-25-14-15-30(40-18-16-24(17-19-40)34(36,37)38)28(21-25)32(41)39-29(33(42)43)20-22-10-12-23(13-11-22)27-8-4-5-9-31(27)44-26-6-2-1-3-7-26/h1-15,21,24,29H,16-20H2,(H,39,41)(H,42,43)/t29-/m0/s1. The number of para-hydroxylation sites is 2. The van der Waals surface area contributed by atoms with Crippen LogP contribution in [0.25, 0.3) is 11.1 Å². The van der Waals surface area contributed by atoms with E-state index in [0.717, 1.165) is 11.1 Å². The van der Waals surface area contributed by atoms with E-state index in [4.69, 9.17) is 16.3 Å². The van der Waals surface area contributed by atoms with Crippen LogP contribution in [0.1, 0.15) is 28.8 Å². The molecule has 4 aromatic carbocycles. The van der Waals surface area contributed by atoms with E-state index >= 15 is 0 Å². The van der Waals surface area contributed by atoms with Crippen LogP contribution in [0.5, 0.6) is 11.5 Å². The Labute approximate surface area is 258 Å². The van der Waals surface area contributed by atoms with Gasteiger partial charge in [-0.3, -0.25) is 4.79 Å². The molecule has 1 fully saturated rings. The number of hydrogen-bond acceptors (Lipinski definition) is 4. The van der Waals surface area contributed by atoms with Gasteiger partial charge in [0, 0.05) is 35.8 Å². The molecule has 6 nitrogen and oxygen atoms in total. The van der Waals surface area contributed by atoms with Crippen LogP contribution in [0.4, 0.5) is 18.9 Å². The van der Waals surface area contributed by atoms with E-state index in [-0.39, 0.29) is 42.9 Å². The second kappa shape index (κ2) is 13.4. The number of nitrogens with one attached hydrogen (secondary N) is 1. The Kier molecular flexibility index (Phi) is 9.44. The van der Waals surface area contributed by atoms with Gasteiger partial charge in [-0.15, -0.1) is 0 Å². The normalized spacial score (nSPS) is 14.6. The van der Waals surface area contributed by atoms with E-state index in [1.165, 1.54) is 6.07 Å². The maximum absolute atomic E-state index is 13.4. The lowest BCUT2D eigenvalue weighted by molar-refractivity contribution is -0.179. The third kappa shape index (κ3) is 7.52. The van der Waals surface area contributed by atoms with Crippen molar-refractivity contribution in [3.05, 3.63) is 113 Å². The number of carboxylic acids is 1. The smallest absolute Gasteiger partial charge is 0.391 e. The summed E-state index contributed by atoms with van der Waals surface area (Å²) in [5.41, 5.74) is 2.94. The zero-order valence-corrected chi connectivity index (χ0v) is 24.3. The fraction of sp³-hybridized carbons (Fsp3) is 0.235. The van der Waals surface area contributed by atoms with E-state index in [0.29, 0.717) is 22.7 Å². The van der Waals surface area contributed by atoms with Gasteiger partial charge in [0.2, 0.25) is 0 Å². The number of nitrogens with zero attached hydrogens (tertiary/aromatic N) is 1. The predicted octanol–water partition coefficient (Wildman–Crippen LogP) is 8.00. The maximum Gasteiger partial charge on any atom is 0.391 e. The average molecular weight is 623 g/mol. The summed E-state index contributed by atoms with van der Waals surface area (Å²) in [7, 11) is 0. The van der Waals surface area contributed by atoms with Crippen molar-refractivity contribution in [3.8, 4) is 22.6 Å². The molecule has 1 saturated heterocycles. The van der Waals surface area contributed by atoms with E-state index in [9.17, 15) is 27.9 Å². The summed E-state index contributed by atoms with van der Waals surface area (Å²) in [4.78, 5) is 27.3. The molecular formula is C34H30ClF3N2O4. The molecule has 0 aromatic heterocycles. The number of alkyl halides is 3. The molecule has 1 aliphatic rings. The lowest BCUT2D eigenvalue weighted by atomic mass is 9.95. The number of carbonyl (C=O) groups is 2. The van der Waals surface area contributed by atoms with Crippen LogP contribution in [0.2, 0.25) is 5.02 Å². The fourth-order valence-corrected chi connectivity index (χ4v) is 5.49. The number of halogens is 4. The summed E-state index contributed by atoms with van der Waals surface area (Å²) in [6, 6.07) is 27.6. The number of benzene rings is 4. The van der Waals surface area contributed by atoms with Crippen molar-refractivity contribution in [2.24, 2.45) is 5.92 Å². The van der Waals surface area contributed by atoms with Gasteiger partial charge in [0.25, 0.3) is 5.91 Å². The number of carboxylic acid groups (broad SMARTS) is 1. The first kappa shape index (κ1) is 30.9. The Bertz CT molecular complexity index is 1610. The fourth-order valence-electron chi connectivity index (χ4n) is 5.32. The van der Waals surface area contributed by atoms with Crippen LogP contribution in [0.3, 0.4) is 0 Å². The molecule has 0 spiro atoms. The van der Waals surface area contributed by atoms with Gasteiger partial charge in [-0.05, 0) is 60.4 Å². The van der Waals surface area contributed by atoms with E-state index in [1.807, 2.05) is 66.7 Å². The number of hydrogen-bond donors (Lipinski definition) is 2. The van der Waals surface area contributed by atoms with Gasteiger partial charge < -0.3 is 20.1 Å². The highest BCUT2D eigenvalue weighted by molar-refractivity contribution is 6.31. The monoisotopic (exact) mass is 622 g/mol. The van der Waals surface area contributed by atoms with E-state index in [1.54, 1.807) is 29.2 Å². The van der Waals surface area contributed by atoms with Crippen LogP contribution >= 0.6 is 11.6 Å². The topological polar surface area (TPSA) is 78.9 Å². The number of amides is 1. The first-order chi connectivity index (χ1) is 21.1. The van der Waals surface area contributed by atoms with Crippen molar-refractivity contribution < 1.29 is 32.6 Å². The second-order valence-electron chi connectivity index (χ2n) is 10.6. The molecule has 0 bridgehead atoms. The van der Waals surface area contributed by atoms with Crippen molar-refractivity contribution in [2.45, 2.75) is 31.5 Å². The van der Waals surface area contributed by atoms with Gasteiger partial charge in [-0.2, -0.15) is 13.2 Å². The minimum atomic E-state index is -4.27. The Morgan fingerprint density at radius 1 is 0.932 bits per heavy atom. The number of carbonyl (C=O) groups excluding carboxylic acids is 1. The number of rotatable bonds is 9. The van der Waals surface area contributed by atoms with Crippen molar-refractivity contribution in [1.29, 1.82) is 0 Å². The van der Waals surface area contributed by atoms with Gasteiger partial charge in [0.05, 0.1) is 11.5 Å². The summed E-state index contributed by atoms with van der Waals surface area (Å²) < 4.78 is 45.6. The zero-order chi connectivity index (χ0) is 31.3. The van der Waals surface area contributed by atoms with Gasteiger partial charge in [-0.1, -0.05) is 72.3 Å². The maximum atomic E-state index is 13.4. The second-order valence-corrected chi connectivity index (χ2v) is 11.1. The highest BCUT2D eigenvalue weighted by Gasteiger charge is 2.41. The molecule has 0 saturated carbocycles. The number of anilines is 1. The first-order valence-corrected chi connectivity index (χ1v) is 14.5. The Hall–Kier alpha value is -4.50. The van der Waals surface area contributed by atoms with Gasteiger partial charge in [0.15, 0.2) is 0 Å². The average Bonchev–Trinajstić information content (AvgIpc) is 3.01. The molecule has 1 atom stereocenters. The van der Waals surface area contributed by atoms with Crippen LogP contribution in [0.15, 0.2) is 97.1 Å². The third-order valence-corrected chi connectivity index (χ3v) is 7.90. The summed E-state index contributed by atoms with van der Waals surface area (Å²) in [5, 5.41) is 12.8. The number of aliphatic carboxylic acids is 1. The van der Waals surface area contributed by atoms with Gasteiger partial charge >= 0.3 is 12.1 Å². The molecule has 1 aliphatic heterocycles. The minimum Gasteiger partial charge on any atom is -0.480 e. The summed E-state index contributed by atoms with van der Waals surface area (Å²) in [6.45, 7) is 0.223. The predicted molar refractivity (Wildman–Crippen MR) is 163 cm³/mol. The van der Waals surface area contributed by atoms with E-state index < -0.39 is 30.0 Å². The molecule has 228 valence electrons. The first-order valence-electron chi connectivity index (χ1n) is 14.1. The van der Waals surface area contributed by atoms with E-state index in [2.05, 4.69) is 5.32 Å². The Balaban J connectivity index is 1.29. The summed E-state index contributed by atoms with van der Waals surface area (Å²) >= 11 is 6.16. The zero-order valence-electron chi connectivity index (χ0n) is 23.6. The molecule has 44 heavy (non-hydrogen) atoms. The number of piperidine rings is 1. The largest absolute Gasteiger partial charge is 0.480 e. The molecule has 2 N–H and O–H groups in total. The molecule has 0 unspecified atom stereocenters. The molecular weight excluding hydrogens is 593 g/mol. The molecule has 1 amide bonds. The Morgan fingerprint density at radius 3 is 2.25 bits per heavy atom. The third-order valence-electron chi connectivity index (χ3n) is 7.67. The highest BCUT2D eigenvalue weighted by atomic mass is 35.5. The van der Waals surface area contributed by atoms with Crippen molar-refractivity contribution in [3.63, 3.8) is 0 Å². The summed E-state index contributed by atoms with van der Waals surface area (Å²) in [5.74, 6) is -1.92. The lowest BCUT2D eigenvalue weighted by Gasteiger charge is -2.35. The molecule has 0 radical (unpaired) electrons. The minimum absolute atomic E-state index is 0.0103. The molecule has 0 aliphatic carbocycles. The Morgan fingerprint density at radius 2 is 1.59 bits per heavy atom.